The Hall–Kier alpha value is -2.50. The Balaban J connectivity index is 1.97. The van der Waals surface area contributed by atoms with Crippen LogP contribution in [0.4, 0.5) is 22.9 Å². The van der Waals surface area contributed by atoms with Crippen LogP contribution in [0.3, 0.4) is 0 Å². The topological polar surface area (TPSA) is 61.3 Å². The van der Waals surface area contributed by atoms with E-state index in [1.54, 1.807) is 0 Å². The van der Waals surface area contributed by atoms with Gasteiger partial charge in [0.15, 0.2) is 0 Å². The summed E-state index contributed by atoms with van der Waals surface area (Å²) in [6.07, 6.45) is 7.56. The standard InChI is InChI=1S/C23H32N4O2/c1-4-6-15-26-22(28)20-21(24-23(26)29)27(17-12-8-7-9-13-17)18-14-10-11-16(3)19(18)25(20)5-2/h10-11,14,17H,4-9,12-13,15H2,1-3H3,(H,24,29). The monoisotopic (exact) mass is 396 g/mol. The molecule has 1 aliphatic heterocycles. The SMILES string of the molecule is CCCCn1c(=O)[nH]c2c(c1=O)N(CC)c1c(C)cccc1N2C1CCCCC1. The fraction of sp³-hybridized carbons (Fsp3) is 0.565. The van der Waals surface area contributed by atoms with Gasteiger partial charge in [0.25, 0.3) is 5.56 Å². The van der Waals surface area contributed by atoms with Crippen LogP contribution in [0.5, 0.6) is 0 Å². The molecule has 0 spiro atoms. The number of anilines is 4. The second kappa shape index (κ2) is 8.09. The van der Waals surface area contributed by atoms with Crippen LogP contribution in [0, 0.1) is 6.92 Å². The molecule has 0 amide bonds. The molecule has 1 aliphatic carbocycles. The van der Waals surface area contributed by atoms with Crippen molar-refractivity contribution in [3.05, 3.63) is 44.6 Å². The maximum Gasteiger partial charge on any atom is 0.330 e. The third kappa shape index (κ3) is 3.28. The third-order valence-electron chi connectivity index (χ3n) is 6.39. The lowest BCUT2D eigenvalue weighted by Crippen LogP contribution is -2.46. The molecular formula is C23H32N4O2. The largest absolute Gasteiger partial charge is 0.332 e. The van der Waals surface area contributed by atoms with Crippen LogP contribution in [0.2, 0.25) is 0 Å². The van der Waals surface area contributed by atoms with Gasteiger partial charge in [-0.25, -0.2) is 4.79 Å². The molecule has 0 radical (unpaired) electrons. The van der Waals surface area contributed by atoms with Gasteiger partial charge in [-0.05, 0) is 44.7 Å². The van der Waals surface area contributed by atoms with E-state index in [9.17, 15) is 9.59 Å². The number of fused-ring (bicyclic) bond motifs is 2. The van der Waals surface area contributed by atoms with Gasteiger partial charge in [-0.15, -0.1) is 0 Å². The van der Waals surface area contributed by atoms with Crippen LogP contribution >= 0.6 is 0 Å². The van der Waals surface area contributed by atoms with Crippen molar-refractivity contribution in [3.8, 4) is 0 Å². The molecule has 0 saturated heterocycles. The molecule has 6 heteroatoms. The second-order valence-corrected chi connectivity index (χ2v) is 8.29. The smallest absolute Gasteiger partial charge is 0.330 e. The molecular weight excluding hydrogens is 364 g/mol. The molecule has 4 rings (SSSR count). The first-order chi connectivity index (χ1) is 14.1. The highest BCUT2D eigenvalue weighted by Crippen LogP contribution is 2.48. The maximum atomic E-state index is 13.5. The number of unbranched alkanes of at least 4 members (excludes halogenated alkanes) is 1. The quantitative estimate of drug-likeness (QED) is 0.803. The molecule has 0 bridgehead atoms. The van der Waals surface area contributed by atoms with Crippen molar-refractivity contribution in [1.82, 2.24) is 9.55 Å². The number of aromatic nitrogens is 2. The predicted octanol–water partition coefficient (Wildman–Crippen LogP) is 4.59. The Kier molecular flexibility index (Phi) is 5.52. The number of hydrogen-bond acceptors (Lipinski definition) is 4. The predicted molar refractivity (Wildman–Crippen MR) is 119 cm³/mol. The van der Waals surface area contributed by atoms with Crippen molar-refractivity contribution in [2.75, 3.05) is 16.3 Å². The Morgan fingerprint density at radius 3 is 2.52 bits per heavy atom. The molecule has 29 heavy (non-hydrogen) atoms. The van der Waals surface area contributed by atoms with Gasteiger partial charge in [0.1, 0.15) is 11.5 Å². The summed E-state index contributed by atoms with van der Waals surface area (Å²) in [6, 6.07) is 6.61. The Bertz CT molecular complexity index is 1000. The summed E-state index contributed by atoms with van der Waals surface area (Å²) in [4.78, 5) is 33.9. The van der Waals surface area contributed by atoms with E-state index in [1.165, 1.54) is 23.8 Å². The van der Waals surface area contributed by atoms with Crippen molar-refractivity contribution in [3.63, 3.8) is 0 Å². The summed E-state index contributed by atoms with van der Waals surface area (Å²) in [7, 11) is 0. The lowest BCUT2D eigenvalue weighted by Gasteiger charge is -2.44. The zero-order valence-electron chi connectivity index (χ0n) is 17.8. The van der Waals surface area contributed by atoms with E-state index in [0.717, 1.165) is 42.6 Å². The molecule has 1 aromatic carbocycles. The molecule has 2 heterocycles. The lowest BCUT2D eigenvalue weighted by atomic mass is 9.92. The van der Waals surface area contributed by atoms with Crippen molar-refractivity contribution in [2.45, 2.75) is 78.3 Å². The van der Waals surface area contributed by atoms with Crippen LogP contribution in [-0.2, 0) is 6.54 Å². The first-order valence-electron chi connectivity index (χ1n) is 11.1. The minimum absolute atomic E-state index is 0.172. The first-order valence-corrected chi connectivity index (χ1v) is 11.1. The van der Waals surface area contributed by atoms with Crippen LogP contribution in [0.15, 0.2) is 27.8 Å². The Morgan fingerprint density at radius 1 is 1.07 bits per heavy atom. The van der Waals surface area contributed by atoms with Crippen molar-refractivity contribution >= 4 is 22.9 Å². The average molecular weight is 397 g/mol. The fourth-order valence-corrected chi connectivity index (χ4v) is 4.94. The molecule has 2 aromatic rings. The van der Waals surface area contributed by atoms with E-state index in [2.05, 4.69) is 53.8 Å². The van der Waals surface area contributed by atoms with E-state index in [4.69, 9.17) is 0 Å². The third-order valence-corrected chi connectivity index (χ3v) is 6.39. The zero-order chi connectivity index (χ0) is 20.5. The summed E-state index contributed by atoms with van der Waals surface area (Å²) in [5.74, 6) is 0.680. The first kappa shape index (κ1) is 19.8. The van der Waals surface area contributed by atoms with E-state index >= 15 is 0 Å². The summed E-state index contributed by atoms with van der Waals surface area (Å²) >= 11 is 0. The molecule has 6 nitrogen and oxygen atoms in total. The second-order valence-electron chi connectivity index (χ2n) is 8.29. The zero-order valence-corrected chi connectivity index (χ0v) is 17.8. The highest BCUT2D eigenvalue weighted by atomic mass is 16.2. The van der Waals surface area contributed by atoms with E-state index < -0.39 is 0 Å². The minimum Gasteiger partial charge on any atom is -0.332 e. The van der Waals surface area contributed by atoms with Gasteiger partial charge in [0.05, 0.1) is 11.4 Å². The summed E-state index contributed by atoms with van der Waals surface area (Å²) < 4.78 is 1.38. The molecule has 0 atom stereocenters. The highest BCUT2D eigenvalue weighted by molar-refractivity contribution is 5.92. The number of para-hydroxylation sites is 1. The number of hydrogen-bond donors (Lipinski definition) is 1. The fourth-order valence-electron chi connectivity index (χ4n) is 4.94. The molecule has 1 aromatic heterocycles. The van der Waals surface area contributed by atoms with Gasteiger partial charge >= 0.3 is 5.69 Å². The normalized spacial score (nSPS) is 16.7. The molecule has 156 valence electrons. The maximum absolute atomic E-state index is 13.5. The van der Waals surface area contributed by atoms with Gasteiger partial charge in [-0.1, -0.05) is 44.7 Å². The number of benzene rings is 1. The lowest BCUT2D eigenvalue weighted by molar-refractivity contribution is 0.432. The number of aromatic amines is 1. The Labute approximate surface area is 172 Å². The summed E-state index contributed by atoms with van der Waals surface area (Å²) in [5, 5.41) is 0. The number of aryl methyl sites for hydroxylation is 1. The van der Waals surface area contributed by atoms with Gasteiger partial charge in [0.2, 0.25) is 0 Å². The molecule has 2 aliphatic rings. The van der Waals surface area contributed by atoms with Crippen molar-refractivity contribution < 1.29 is 0 Å². The van der Waals surface area contributed by atoms with E-state index in [-0.39, 0.29) is 11.2 Å². The number of rotatable bonds is 5. The summed E-state index contributed by atoms with van der Waals surface area (Å²) in [6.45, 7) is 7.38. The highest BCUT2D eigenvalue weighted by Gasteiger charge is 2.36. The van der Waals surface area contributed by atoms with Crippen molar-refractivity contribution in [1.29, 1.82) is 0 Å². The minimum atomic E-state index is -0.296. The van der Waals surface area contributed by atoms with Crippen molar-refractivity contribution in [2.24, 2.45) is 0 Å². The molecule has 1 N–H and O–H groups in total. The van der Waals surface area contributed by atoms with Gasteiger partial charge < -0.3 is 9.80 Å². The molecule has 1 fully saturated rings. The van der Waals surface area contributed by atoms with Gasteiger partial charge in [-0.2, -0.15) is 0 Å². The average Bonchev–Trinajstić information content (AvgIpc) is 2.73. The van der Waals surface area contributed by atoms with E-state index in [0.29, 0.717) is 30.6 Å². The summed E-state index contributed by atoms with van der Waals surface area (Å²) in [5.41, 5.74) is 3.51. The molecule has 1 saturated carbocycles. The number of nitrogens with one attached hydrogen (secondary N) is 1. The van der Waals surface area contributed by atoms with E-state index in [1.807, 2.05) is 0 Å². The number of nitrogens with zero attached hydrogens (tertiary/aromatic N) is 3. The Morgan fingerprint density at radius 2 is 1.83 bits per heavy atom. The number of H-pyrrole nitrogens is 1. The van der Waals surface area contributed by atoms with Crippen LogP contribution in [0.25, 0.3) is 0 Å². The van der Waals surface area contributed by atoms with Crippen LogP contribution in [0.1, 0.15) is 64.4 Å². The van der Waals surface area contributed by atoms with Gasteiger partial charge in [-0.3, -0.25) is 14.3 Å². The molecule has 0 unspecified atom stereocenters. The van der Waals surface area contributed by atoms with Crippen LogP contribution < -0.4 is 21.0 Å². The van der Waals surface area contributed by atoms with Crippen LogP contribution in [-0.4, -0.2) is 22.1 Å². The van der Waals surface area contributed by atoms with Gasteiger partial charge in [0, 0.05) is 19.1 Å².